The van der Waals surface area contributed by atoms with Crippen LogP contribution in [0.15, 0.2) is 35.7 Å². The van der Waals surface area contributed by atoms with Crippen LogP contribution in [0.5, 0.6) is 5.75 Å². The van der Waals surface area contributed by atoms with Gasteiger partial charge >= 0.3 is 0 Å². The van der Waals surface area contributed by atoms with Gasteiger partial charge in [-0.15, -0.1) is 11.3 Å². The molecule has 0 radical (unpaired) electrons. The third-order valence-corrected chi connectivity index (χ3v) is 4.42. The predicted molar refractivity (Wildman–Crippen MR) is 103 cm³/mol. The van der Waals surface area contributed by atoms with E-state index in [2.05, 4.69) is 4.98 Å². The van der Waals surface area contributed by atoms with Crippen molar-refractivity contribution in [3.05, 3.63) is 47.0 Å². The van der Waals surface area contributed by atoms with Crippen molar-refractivity contribution in [2.45, 2.75) is 13.8 Å². The fraction of sp³-hybridized carbons (Fsp3) is 0.316. The number of methoxy groups -OCH3 is 1. The summed E-state index contributed by atoms with van der Waals surface area (Å²) in [5.74, 6) is 0.513. The van der Waals surface area contributed by atoms with E-state index in [9.17, 15) is 9.59 Å². The van der Waals surface area contributed by atoms with E-state index < -0.39 is 0 Å². The summed E-state index contributed by atoms with van der Waals surface area (Å²) < 4.78 is 10.4. The molecule has 1 heterocycles. The van der Waals surface area contributed by atoms with Crippen molar-refractivity contribution in [2.75, 3.05) is 31.8 Å². The molecule has 1 amide bonds. The lowest BCUT2D eigenvalue weighted by molar-refractivity contribution is -0.116. The molecule has 0 aliphatic heterocycles. The molecule has 0 bridgehead atoms. The molecule has 6 nitrogen and oxygen atoms in total. The number of rotatable bonds is 9. The number of aromatic nitrogens is 1. The first-order valence-electron chi connectivity index (χ1n) is 8.23. The zero-order chi connectivity index (χ0) is 18.9. The fourth-order valence-corrected chi connectivity index (χ4v) is 3.09. The van der Waals surface area contributed by atoms with Crippen molar-refractivity contribution in [3.63, 3.8) is 0 Å². The van der Waals surface area contributed by atoms with Crippen LogP contribution in [0.25, 0.3) is 6.08 Å². The van der Waals surface area contributed by atoms with Crippen LogP contribution in [0, 0.1) is 0 Å². The van der Waals surface area contributed by atoms with Gasteiger partial charge in [0.2, 0.25) is 5.91 Å². The van der Waals surface area contributed by atoms with E-state index >= 15 is 0 Å². The zero-order valence-electron chi connectivity index (χ0n) is 15.1. The van der Waals surface area contributed by atoms with Crippen LogP contribution in [0.3, 0.4) is 0 Å². The molecule has 0 spiro atoms. The van der Waals surface area contributed by atoms with Gasteiger partial charge in [0.1, 0.15) is 12.4 Å². The lowest BCUT2D eigenvalue weighted by atomic mass is 10.1. The summed E-state index contributed by atoms with van der Waals surface area (Å²) in [6.45, 7) is 4.93. The van der Waals surface area contributed by atoms with Crippen LogP contribution < -0.4 is 9.64 Å². The van der Waals surface area contributed by atoms with Crippen LogP contribution in [0.2, 0.25) is 0 Å². The maximum Gasteiger partial charge on any atom is 0.225 e. The maximum atomic E-state index is 12.3. The molecule has 0 atom stereocenters. The molecule has 26 heavy (non-hydrogen) atoms. The van der Waals surface area contributed by atoms with Gasteiger partial charge < -0.3 is 9.47 Å². The van der Waals surface area contributed by atoms with Crippen LogP contribution in [0.1, 0.15) is 29.9 Å². The van der Waals surface area contributed by atoms with E-state index in [1.54, 1.807) is 42.4 Å². The summed E-state index contributed by atoms with van der Waals surface area (Å²) in [6.07, 6.45) is 3.13. The summed E-state index contributed by atoms with van der Waals surface area (Å²) in [5.41, 5.74) is 1.22. The summed E-state index contributed by atoms with van der Waals surface area (Å²) in [6, 6.07) is 6.94. The molecule has 1 aromatic heterocycles. The first kappa shape index (κ1) is 19.8. The van der Waals surface area contributed by atoms with Crippen molar-refractivity contribution in [3.8, 4) is 5.75 Å². The minimum atomic E-state index is -0.123. The number of carbonyl (C=O) groups excluding carboxylic acids is 2. The highest BCUT2D eigenvalue weighted by molar-refractivity contribution is 7.14. The second-order valence-electron chi connectivity index (χ2n) is 5.38. The van der Waals surface area contributed by atoms with Gasteiger partial charge in [-0.05, 0) is 43.3 Å². The number of carbonyl (C=O) groups is 2. The Morgan fingerprint density at radius 3 is 2.58 bits per heavy atom. The molecule has 2 aromatic rings. The van der Waals surface area contributed by atoms with Gasteiger partial charge in [0.15, 0.2) is 10.9 Å². The van der Waals surface area contributed by atoms with Crippen molar-refractivity contribution < 1.29 is 19.1 Å². The Bertz CT molecular complexity index is 768. The fourth-order valence-electron chi connectivity index (χ4n) is 2.18. The summed E-state index contributed by atoms with van der Waals surface area (Å²) in [5, 5.41) is 2.45. The quantitative estimate of drug-likeness (QED) is 0.382. The number of nitrogens with zero attached hydrogens (tertiary/aromatic N) is 2. The van der Waals surface area contributed by atoms with E-state index in [4.69, 9.17) is 9.47 Å². The SMILES string of the molecule is CCN(C(C)=O)c1nc(/C=C/C(=O)c2ccc(OCCOC)cc2)cs1. The van der Waals surface area contributed by atoms with Crippen molar-refractivity contribution in [2.24, 2.45) is 0 Å². The number of hydrogen-bond acceptors (Lipinski definition) is 6. The van der Waals surface area contributed by atoms with Crippen LogP contribution in [0.4, 0.5) is 5.13 Å². The van der Waals surface area contributed by atoms with E-state index in [-0.39, 0.29) is 11.7 Å². The number of thiazole rings is 1. The number of benzene rings is 1. The monoisotopic (exact) mass is 374 g/mol. The van der Waals surface area contributed by atoms with Crippen LogP contribution in [-0.2, 0) is 9.53 Å². The van der Waals surface area contributed by atoms with E-state index in [0.29, 0.717) is 41.9 Å². The third-order valence-electron chi connectivity index (χ3n) is 3.54. The smallest absolute Gasteiger partial charge is 0.225 e. The number of ketones is 1. The van der Waals surface area contributed by atoms with Crippen LogP contribution in [-0.4, -0.2) is 43.5 Å². The Kier molecular flexibility index (Phi) is 7.50. The Balaban J connectivity index is 1.98. The normalized spacial score (nSPS) is 10.9. The molecule has 138 valence electrons. The predicted octanol–water partition coefficient (Wildman–Crippen LogP) is 3.44. The standard InChI is InChI=1S/C19H22N2O4S/c1-4-21(14(2)22)19-20-16(13-26-19)7-10-18(23)15-5-8-17(9-6-15)25-12-11-24-3/h5-10,13H,4,11-12H2,1-3H3/b10-7+. The number of allylic oxidation sites excluding steroid dienone is 1. The number of anilines is 1. The second kappa shape index (κ2) is 9.84. The zero-order valence-corrected chi connectivity index (χ0v) is 15.9. The summed E-state index contributed by atoms with van der Waals surface area (Å²) in [7, 11) is 1.61. The molecule has 0 fully saturated rings. The number of hydrogen-bond donors (Lipinski definition) is 0. The summed E-state index contributed by atoms with van der Waals surface area (Å²) in [4.78, 5) is 29.8. The number of ether oxygens (including phenoxy) is 2. The van der Waals surface area contributed by atoms with Gasteiger partial charge in [0, 0.05) is 31.5 Å². The topological polar surface area (TPSA) is 68.7 Å². The molecular weight excluding hydrogens is 352 g/mol. The maximum absolute atomic E-state index is 12.3. The Labute approximate surface area is 157 Å². The van der Waals surface area contributed by atoms with Crippen LogP contribution >= 0.6 is 11.3 Å². The van der Waals surface area contributed by atoms with Gasteiger partial charge in [-0.3, -0.25) is 14.5 Å². The minimum Gasteiger partial charge on any atom is -0.491 e. The highest BCUT2D eigenvalue weighted by Gasteiger charge is 2.12. The molecule has 0 saturated heterocycles. The lowest BCUT2D eigenvalue weighted by Crippen LogP contribution is -2.27. The Morgan fingerprint density at radius 1 is 1.23 bits per heavy atom. The van der Waals surface area contributed by atoms with Crippen molar-refractivity contribution >= 4 is 34.2 Å². The third kappa shape index (κ3) is 5.50. The molecule has 0 aliphatic rings. The molecule has 2 rings (SSSR count). The molecule has 0 N–H and O–H groups in total. The Hall–Kier alpha value is -2.51. The molecular formula is C19H22N2O4S. The van der Waals surface area contributed by atoms with E-state index in [1.165, 1.54) is 24.3 Å². The van der Waals surface area contributed by atoms with Gasteiger partial charge in [-0.25, -0.2) is 4.98 Å². The molecule has 1 aromatic carbocycles. The van der Waals surface area contributed by atoms with Crippen molar-refractivity contribution in [1.82, 2.24) is 4.98 Å². The lowest BCUT2D eigenvalue weighted by Gasteiger charge is -2.14. The van der Waals surface area contributed by atoms with Gasteiger partial charge in [0.05, 0.1) is 12.3 Å². The van der Waals surface area contributed by atoms with Gasteiger partial charge in [-0.1, -0.05) is 0 Å². The molecule has 7 heteroatoms. The molecule has 0 aliphatic carbocycles. The first-order chi connectivity index (χ1) is 12.5. The second-order valence-corrected chi connectivity index (χ2v) is 6.22. The minimum absolute atomic E-state index is 0.0544. The highest BCUT2D eigenvalue weighted by atomic mass is 32.1. The highest BCUT2D eigenvalue weighted by Crippen LogP contribution is 2.21. The molecule has 0 saturated carbocycles. The largest absolute Gasteiger partial charge is 0.491 e. The van der Waals surface area contributed by atoms with Crippen molar-refractivity contribution in [1.29, 1.82) is 0 Å². The van der Waals surface area contributed by atoms with E-state index in [0.717, 1.165) is 0 Å². The molecule has 0 unspecified atom stereocenters. The first-order valence-corrected chi connectivity index (χ1v) is 9.11. The van der Waals surface area contributed by atoms with E-state index in [1.807, 2.05) is 12.3 Å². The average molecular weight is 374 g/mol. The average Bonchev–Trinajstić information content (AvgIpc) is 3.09. The van der Waals surface area contributed by atoms with Gasteiger partial charge in [0.25, 0.3) is 0 Å². The number of amides is 1. The Morgan fingerprint density at radius 2 is 1.96 bits per heavy atom. The van der Waals surface area contributed by atoms with Gasteiger partial charge in [-0.2, -0.15) is 0 Å². The summed E-state index contributed by atoms with van der Waals surface area (Å²) >= 11 is 1.37.